The number of nitrogens with zero attached hydrogens (tertiary/aromatic N) is 4. The van der Waals surface area contributed by atoms with Crippen LogP contribution in [0.25, 0.3) is 0 Å². The second-order valence-electron chi connectivity index (χ2n) is 4.74. The molecule has 0 bridgehead atoms. The van der Waals surface area contributed by atoms with Crippen molar-refractivity contribution in [2.24, 2.45) is 4.99 Å². The Balaban J connectivity index is 1.92. The second kappa shape index (κ2) is 7.29. The third-order valence-corrected chi connectivity index (χ3v) is 5.13. The van der Waals surface area contributed by atoms with E-state index in [4.69, 9.17) is 6.42 Å². The van der Waals surface area contributed by atoms with Gasteiger partial charge in [-0.05, 0) is 0 Å². The first-order chi connectivity index (χ1) is 10.6. The van der Waals surface area contributed by atoms with E-state index in [0.29, 0.717) is 44.4 Å². The summed E-state index contributed by atoms with van der Waals surface area (Å²) in [6, 6.07) is 1.55. The molecule has 1 saturated heterocycles. The number of guanidine groups is 1. The highest BCUT2D eigenvalue weighted by atomic mass is 32.2. The maximum absolute atomic E-state index is 12.3. The number of hydrogen-bond acceptors (Lipinski definition) is 5. The Hall–Kier alpha value is -2.05. The molecule has 0 radical (unpaired) electrons. The van der Waals surface area contributed by atoms with Gasteiger partial charge >= 0.3 is 0 Å². The highest BCUT2D eigenvalue weighted by Gasteiger charge is 2.28. The summed E-state index contributed by atoms with van der Waals surface area (Å²) >= 11 is 0. The molecule has 0 spiro atoms. The lowest BCUT2D eigenvalue weighted by Crippen LogP contribution is -2.53. The molecular weight excluding hydrogens is 306 g/mol. The Bertz CT molecular complexity index is 640. The largest absolute Gasteiger partial charge is 0.364 e. The first-order valence-electron chi connectivity index (χ1n) is 6.83. The van der Waals surface area contributed by atoms with Crippen LogP contribution in [0, 0.1) is 12.3 Å². The highest BCUT2D eigenvalue weighted by molar-refractivity contribution is 7.88. The fourth-order valence-electron chi connectivity index (χ4n) is 2.23. The monoisotopic (exact) mass is 325 g/mol. The van der Waals surface area contributed by atoms with E-state index in [1.165, 1.54) is 10.6 Å². The van der Waals surface area contributed by atoms with Crippen molar-refractivity contribution in [1.29, 1.82) is 0 Å². The molecular formula is C13H19N5O3S. The summed E-state index contributed by atoms with van der Waals surface area (Å²) in [6.45, 7) is 2.30. The molecule has 0 unspecified atom stereocenters. The smallest absolute Gasteiger partial charge is 0.220 e. The van der Waals surface area contributed by atoms with Gasteiger partial charge in [0.15, 0.2) is 5.96 Å². The van der Waals surface area contributed by atoms with E-state index in [0.717, 1.165) is 0 Å². The summed E-state index contributed by atoms with van der Waals surface area (Å²) in [4.78, 5) is 6.13. The molecule has 22 heavy (non-hydrogen) atoms. The lowest BCUT2D eigenvalue weighted by Gasteiger charge is -2.35. The standard InChI is InChI=1S/C13H19N5O3S/c1-3-5-15-13(14-2)17-6-8-18(9-7-17)22(19,20)11-12-4-10-21-16-12/h1,4,10H,5-9,11H2,2H3,(H,14,15). The molecule has 0 atom stereocenters. The van der Waals surface area contributed by atoms with Crippen molar-refractivity contribution in [1.82, 2.24) is 19.7 Å². The van der Waals surface area contributed by atoms with E-state index in [1.807, 2.05) is 4.90 Å². The van der Waals surface area contributed by atoms with Gasteiger partial charge in [0.1, 0.15) is 12.0 Å². The van der Waals surface area contributed by atoms with Crippen LogP contribution in [0.3, 0.4) is 0 Å². The first-order valence-corrected chi connectivity index (χ1v) is 8.44. The topological polar surface area (TPSA) is 91.0 Å². The number of aliphatic imine (C=N–C) groups is 1. The SMILES string of the molecule is C#CCNC(=NC)N1CCN(S(=O)(=O)Cc2ccon2)CC1. The molecule has 2 heterocycles. The van der Waals surface area contributed by atoms with Gasteiger partial charge in [-0.3, -0.25) is 4.99 Å². The van der Waals surface area contributed by atoms with Crippen LogP contribution in [0.4, 0.5) is 0 Å². The van der Waals surface area contributed by atoms with E-state index in [9.17, 15) is 8.42 Å². The van der Waals surface area contributed by atoms with Gasteiger partial charge in [0, 0.05) is 39.3 Å². The minimum atomic E-state index is -3.39. The molecule has 1 aromatic rings. The zero-order chi connectivity index (χ0) is 16.0. The Morgan fingerprint density at radius 2 is 2.23 bits per heavy atom. The molecule has 1 aromatic heterocycles. The zero-order valence-corrected chi connectivity index (χ0v) is 13.2. The molecule has 1 fully saturated rings. The van der Waals surface area contributed by atoms with Crippen LogP contribution < -0.4 is 5.32 Å². The molecule has 0 aliphatic carbocycles. The number of terminal acetylenes is 1. The number of rotatable bonds is 4. The minimum absolute atomic E-state index is 0.145. The van der Waals surface area contributed by atoms with Crippen molar-refractivity contribution in [3.05, 3.63) is 18.0 Å². The number of aromatic nitrogens is 1. The van der Waals surface area contributed by atoms with Crippen LogP contribution in [0.1, 0.15) is 5.69 Å². The van der Waals surface area contributed by atoms with Gasteiger partial charge in [0.2, 0.25) is 10.0 Å². The molecule has 0 saturated carbocycles. The average molecular weight is 325 g/mol. The molecule has 120 valence electrons. The van der Waals surface area contributed by atoms with Crippen molar-refractivity contribution in [3.8, 4) is 12.3 Å². The average Bonchev–Trinajstić information content (AvgIpc) is 3.01. The van der Waals surface area contributed by atoms with Gasteiger partial charge in [-0.1, -0.05) is 11.1 Å². The second-order valence-corrected chi connectivity index (χ2v) is 6.71. The predicted octanol–water partition coefficient (Wildman–Crippen LogP) is -0.669. The van der Waals surface area contributed by atoms with Crippen LogP contribution in [0.5, 0.6) is 0 Å². The molecule has 9 heteroatoms. The molecule has 1 aliphatic heterocycles. The number of piperazine rings is 1. The van der Waals surface area contributed by atoms with Gasteiger partial charge in [0.25, 0.3) is 0 Å². The summed E-state index contributed by atoms with van der Waals surface area (Å²) < 4.78 is 30.8. The fourth-order valence-corrected chi connectivity index (χ4v) is 3.66. The van der Waals surface area contributed by atoms with Gasteiger partial charge in [-0.25, -0.2) is 8.42 Å². The molecule has 0 amide bonds. The number of sulfonamides is 1. The summed E-state index contributed by atoms with van der Waals surface area (Å²) in [7, 11) is -1.71. The molecule has 8 nitrogen and oxygen atoms in total. The van der Waals surface area contributed by atoms with Crippen molar-refractivity contribution < 1.29 is 12.9 Å². The summed E-state index contributed by atoms with van der Waals surface area (Å²) in [5.74, 6) is 3.03. The van der Waals surface area contributed by atoms with E-state index >= 15 is 0 Å². The third-order valence-electron chi connectivity index (χ3n) is 3.31. The highest BCUT2D eigenvalue weighted by Crippen LogP contribution is 2.12. The van der Waals surface area contributed by atoms with E-state index in [-0.39, 0.29) is 5.75 Å². The summed E-state index contributed by atoms with van der Waals surface area (Å²) in [5.41, 5.74) is 0.411. The lowest BCUT2D eigenvalue weighted by molar-refractivity contribution is 0.260. The van der Waals surface area contributed by atoms with Gasteiger partial charge in [-0.2, -0.15) is 4.31 Å². The van der Waals surface area contributed by atoms with Crippen LogP contribution in [0.15, 0.2) is 21.8 Å². The lowest BCUT2D eigenvalue weighted by atomic mass is 10.4. The molecule has 2 rings (SSSR count). The van der Waals surface area contributed by atoms with Crippen LogP contribution in [-0.2, 0) is 15.8 Å². The summed E-state index contributed by atoms with van der Waals surface area (Å²) in [5, 5.41) is 6.68. The molecule has 1 aliphatic rings. The Morgan fingerprint density at radius 3 is 2.77 bits per heavy atom. The number of nitrogens with one attached hydrogen (secondary N) is 1. The van der Waals surface area contributed by atoms with E-state index < -0.39 is 10.0 Å². The van der Waals surface area contributed by atoms with Crippen LogP contribution in [0.2, 0.25) is 0 Å². The van der Waals surface area contributed by atoms with Crippen molar-refractivity contribution in [2.45, 2.75) is 5.75 Å². The van der Waals surface area contributed by atoms with Crippen LogP contribution >= 0.6 is 0 Å². The van der Waals surface area contributed by atoms with Gasteiger partial charge in [-0.15, -0.1) is 6.42 Å². The first kappa shape index (κ1) is 16.3. The minimum Gasteiger partial charge on any atom is -0.364 e. The van der Waals surface area contributed by atoms with Gasteiger partial charge in [0.05, 0.1) is 12.2 Å². The summed E-state index contributed by atoms with van der Waals surface area (Å²) in [6.07, 6.45) is 6.58. The van der Waals surface area contributed by atoms with Crippen LogP contribution in [-0.4, -0.2) is 68.5 Å². The fraction of sp³-hybridized carbons (Fsp3) is 0.538. The Kier molecular flexibility index (Phi) is 5.41. The maximum atomic E-state index is 12.3. The van der Waals surface area contributed by atoms with Gasteiger partial charge < -0.3 is 14.7 Å². The maximum Gasteiger partial charge on any atom is 0.220 e. The van der Waals surface area contributed by atoms with Crippen molar-refractivity contribution in [2.75, 3.05) is 39.8 Å². The van der Waals surface area contributed by atoms with E-state index in [2.05, 4.69) is 25.9 Å². The predicted molar refractivity (Wildman–Crippen MR) is 82.5 cm³/mol. The third kappa shape index (κ3) is 3.99. The quantitative estimate of drug-likeness (QED) is 0.448. The molecule has 1 N–H and O–H groups in total. The Morgan fingerprint density at radius 1 is 1.50 bits per heavy atom. The van der Waals surface area contributed by atoms with Crippen molar-refractivity contribution >= 4 is 16.0 Å². The molecule has 0 aromatic carbocycles. The number of hydrogen-bond donors (Lipinski definition) is 1. The normalized spacial score (nSPS) is 17.3. The van der Waals surface area contributed by atoms with E-state index in [1.54, 1.807) is 13.1 Å². The zero-order valence-electron chi connectivity index (χ0n) is 12.4. The van der Waals surface area contributed by atoms with Crippen molar-refractivity contribution in [3.63, 3.8) is 0 Å². The Labute approximate surface area is 130 Å².